The van der Waals surface area contributed by atoms with Crippen LogP contribution in [0.2, 0.25) is 0 Å². The highest BCUT2D eigenvalue weighted by Gasteiger charge is 2.19. The van der Waals surface area contributed by atoms with Gasteiger partial charge in [-0.3, -0.25) is 44.6 Å². The van der Waals surface area contributed by atoms with Gasteiger partial charge in [-0.2, -0.15) is 4.99 Å². The Hall–Kier alpha value is -5.60. The Kier molecular flexibility index (Phi) is 18.2. The zero-order valence-electron chi connectivity index (χ0n) is 31.2. The standard InChI is InChI=1S/C38H44N8O10S/c1-54-35-9-8-27(19-34(35)41-26-57)28-20-32(30-6-2-3-10-39-30)43-33(21-28)31-7-4-5-29(42-31)22-40-36(47)23-45(12-11-44(15-17-55-52)16-18-56-53)13-14-46(24-37(48)49)25-38(50)51/h2-10,19-21,52-53H,11-18,22-25H2,1H3,(H,40,47)(H,48,49)(H,50,51). The summed E-state index contributed by atoms with van der Waals surface area (Å²) in [5.74, 6) is -2.19. The summed E-state index contributed by atoms with van der Waals surface area (Å²) in [4.78, 5) is 67.7. The summed E-state index contributed by atoms with van der Waals surface area (Å²) < 4.78 is 5.43. The van der Waals surface area contributed by atoms with Gasteiger partial charge < -0.3 is 20.3 Å². The lowest BCUT2D eigenvalue weighted by Gasteiger charge is -2.28. The predicted octanol–water partition coefficient (Wildman–Crippen LogP) is 3.29. The number of carbonyl (C=O) groups is 3. The van der Waals surface area contributed by atoms with Crippen molar-refractivity contribution in [2.45, 2.75) is 6.54 Å². The molecular weight excluding hydrogens is 761 g/mol. The number of hydrogen-bond acceptors (Lipinski definition) is 16. The number of rotatable bonds is 25. The Morgan fingerprint density at radius 1 is 0.737 bits per heavy atom. The SMILES string of the molecule is COc1ccc(-c2cc(-c3ccccn3)nc(-c3cccc(CNC(=O)CN(CCN(CCOO)CCOO)CCN(CC(=O)O)CC(=O)O)n3)c2)cc1N=C=S. The predicted molar refractivity (Wildman–Crippen MR) is 211 cm³/mol. The molecule has 5 N–H and O–H groups in total. The van der Waals surface area contributed by atoms with E-state index in [9.17, 15) is 24.6 Å². The van der Waals surface area contributed by atoms with Crippen LogP contribution in [0.25, 0.3) is 33.9 Å². The minimum Gasteiger partial charge on any atom is -0.494 e. The van der Waals surface area contributed by atoms with Gasteiger partial charge in [0.2, 0.25) is 5.91 Å². The van der Waals surface area contributed by atoms with Crippen LogP contribution >= 0.6 is 12.2 Å². The summed E-state index contributed by atoms with van der Waals surface area (Å²) in [6, 6.07) is 20.3. The van der Waals surface area contributed by atoms with Gasteiger partial charge in [0.05, 0.1) is 80.1 Å². The number of aliphatic carboxylic acids is 2. The normalized spacial score (nSPS) is 11.1. The fraction of sp³-hybridized carbons (Fsp3) is 0.342. The van der Waals surface area contributed by atoms with E-state index in [4.69, 9.17) is 37.4 Å². The molecular formula is C38H44N8O10S. The Labute approximate surface area is 333 Å². The molecule has 0 aliphatic rings. The summed E-state index contributed by atoms with van der Waals surface area (Å²) in [5, 5.41) is 41.5. The van der Waals surface area contributed by atoms with E-state index in [1.165, 1.54) is 4.90 Å². The van der Waals surface area contributed by atoms with Crippen LogP contribution in [0.3, 0.4) is 0 Å². The Morgan fingerprint density at radius 2 is 1.39 bits per heavy atom. The molecule has 19 heteroatoms. The number of ether oxygens (including phenoxy) is 1. The number of thiocarbonyl (C=S) groups is 1. The van der Waals surface area contributed by atoms with Crippen molar-refractivity contribution in [3.63, 3.8) is 0 Å². The van der Waals surface area contributed by atoms with Crippen molar-refractivity contribution in [3.05, 3.63) is 78.6 Å². The monoisotopic (exact) mass is 804 g/mol. The molecule has 3 aromatic heterocycles. The van der Waals surface area contributed by atoms with Gasteiger partial charge >= 0.3 is 11.9 Å². The number of carboxylic acids is 2. The topological polar surface area (TPSA) is 233 Å². The first-order valence-electron chi connectivity index (χ1n) is 17.7. The quantitative estimate of drug-likeness (QED) is 0.0280. The largest absolute Gasteiger partial charge is 0.494 e. The highest BCUT2D eigenvalue weighted by molar-refractivity contribution is 7.78. The minimum absolute atomic E-state index is 0.0148. The van der Waals surface area contributed by atoms with Gasteiger partial charge in [-0.1, -0.05) is 18.2 Å². The number of pyridine rings is 3. The average Bonchev–Trinajstić information content (AvgIpc) is 3.21. The molecule has 4 aromatic rings. The maximum Gasteiger partial charge on any atom is 0.317 e. The van der Waals surface area contributed by atoms with Gasteiger partial charge in [-0.25, -0.2) is 19.7 Å². The molecule has 18 nitrogen and oxygen atoms in total. The summed E-state index contributed by atoms with van der Waals surface area (Å²) in [7, 11) is 1.55. The minimum atomic E-state index is -1.18. The number of benzene rings is 1. The van der Waals surface area contributed by atoms with E-state index in [0.29, 0.717) is 53.0 Å². The number of carboxylic acid groups (broad SMARTS) is 2. The lowest BCUT2D eigenvalue weighted by molar-refractivity contribution is -0.251. The Bertz CT molecular complexity index is 1960. The fourth-order valence-electron chi connectivity index (χ4n) is 5.76. The molecule has 0 aliphatic heterocycles. The van der Waals surface area contributed by atoms with Crippen molar-refractivity contribution < 1.29 is 49.6 Å². The Morgan fingerprint density at radius 3 is 2.00 bits per heavy atom. The van der Waals surface area contributed by atoms with Crippen molar-refractivity contribution in [1.82, 2.24) is 35.0 Å². The molecule has 0 bridgehead atoms. The number of hydrogen-bond donors (Lipinski definition) is 5. The number of methoxy groups -OCH3 is 1. The van der Waals surface area contributed by atoms with E-state index in [1.54, 1.807) is 30.3 Å². The number of aliphatic imine (C=N–C) groups is 1. The van der Waals surface area contributed by atoms with E-state index in [1.807, 2.05) is 59.5 Å². The summed E-state index contributed by atoms with van der Waals surface area (Å²) in [5.41, 5.74) is 5.04. The van der Waals surface area contributed by atoms with Gasteiger partial charge in [-0.05, 0) is 71.9 Å². The van der Waals surface area contributed by atoms with Crippen LogP contribution in [0.15, 0.2) is 77.9 Å². The average molecular weight is 805 g/mol. The van der Waals surface area contributed by atoms with Gasteiger partial charge in [0, 0.05) is 45.5 Å². The molecule has 302 valence electrons. The van der Waals surface area contributed by atoms with Crippen LogP contribution in [-0.4, -0.2) is 153 Å². The van der Waals surface area contributed by atoms with Crippen LogP contribution in [0.1, 0.15) is 5.69 Å². The third-order valence-corrected chi connectivity index (χ3v) is 8.61. The summed E-state index contributed by atoms with van der Waals surface area (Å²) in [6.45, 7) is 0.387. The van der Waals surface area contributed by atoms with Gasteiger partial charge in [0.15, 0.2) is 0 Å². The van der Waals surface area contributed by atoms with Gasteiger partial charge in [-0.15, -0.1) is 0 Å². The first kappa shape index (κ1) is 44.1. The highest BCUT2D eigenvalue weighted by atomic mass is 32.1. The molecule has 0 aliphatic carbocycles. The second-order valence-electron chi connectivity index (χ2n) is 12.5. The maximum atomic E-state index is 13.3. The molecule has 0 saturated carbocycles. The number of amides is 1. The van der Waals surface area contributed by atoms with Crippen molar-refractivity contribution >= 4 is 40.9 Å². The zero-order chi connectivity index (χ0) is 41.0. The molecule has 0 radical (unpaired) electrons. The third kappa shape index (κ3) is 14.8. The van der Waals surface area contributed by atoms with Gasteiger partial charge in [0.25, 0.3) is 0 Å². The molecule has 0 fully saturated rings. The second kappa shape index (κ2) is 23.5. The van der Waals surface area contributed by atoms with Crippen molar-refractivity contribution in [1.29, 1.82) is 0 Å². The first-order chi connectivity index (χ1) is 27.6. The van der Waals surface area contributed by atoms with E-state index >= 15 is 0 Å². The molecule has 1 aromatic carbocycles. The smallest absolute Gasteiger partial charge is 0.317 e. The molecule has 0 atom stereocenters. The van der Waals surface area contributed by atoms with Gasteiger partial charge in [0.1, 0.15) is 11.4 Å². The molecule has 57 heavy (non-hydrogen) atoms. The number of nitrogens with zero attached hydrogens (tertiary/aromatic N) is 7. The highest BCUT2D eigenvalue weighted by Crippen LogP contribution is 2.35. The molecule has 0 unspecified atom stereocenters. The van der Waals surface area contributed by atoms with E-state index in [2.05, 4.69) is 30.2 Å². The van der Waals surface area contributed by atoms with E-state index in [-0.39, 0.29) is 58.4 Å². The zero-order valence-corrected chi connectivity index (χ0v) is 32.0. The van der Waals surface area contributed by atoms with Crippen molar-refractivity contribution in [2.75, 3.05) is 79.2 Å². The second-order valence-corrected chi connectivity index (χ2v) is 12.7. The molecule has 0 saturated heterocycles. The van der Waals surface area contributed by atoms with Crippen LogP contribution in [0.4, 0.5) is 5.69 Å². The Balaban J connectivity index is 1.54. The number of isothiocyanates is 1. The van der Waals surface area contributed by atoms with Crippen LogP contribution < -0.4 is 10.1 Å². The molecule has 3 heterocycles. The summed E-state index contributed by atoms with van der Waals surface area (Å²) >= 11 is 4.84. The number of aromatic nitrogens is 3. The maximum absolute atomic E-state index is 13.3. The third-order valence-electron chi connectivity index (χ3n) is 8.51. The van der Waals surface area contributed by atoms with Crippen molar-refractivity contribution in [3.8, 4) is 39.7 Å². The van der Waals surface area contributed by atoms with Crippen LogP contribution in [-0.2, 0) is 30.7 Å². The lowest BCUT2D eigenvalue weighted by Crippen LogP contribution is -2.46. The lowest BCUT2D eigenvalue weighted by atomic mass is 10.0. The first-order valence-corrected chi connectivity index (χ1v) is 18.1. The van der Waals surface area contributed by atoms with E-state index < -0.39 is 25.0 Å². The van der Waals surface area contributed by atoms with E-state index in [0.717, 1.165) is 11.1 Å². The van der Waals surface area contributed by atoms with Crippen LogP contribution in [0.5, 0.6) is 5.75 Å². The molecule has 0 spiro atoms. The van der Waals surface area contributed by atoms with Crippen LogP contribution in [0, 0.1) is 0 Å². The number of carbonyl (C=O) groups excluding carboxylic acids is 1. The molecule has 1 amide bonds. The fourth-order valence-corrected chi connectivity index (χ4v) is 5.85. The van der Waals surface area contributed by atoms with Crippen molar-refractivity contribution in [2.24, 2.45) is 4.99 Å². The number of nitrogens with one attached hydrogen (secondary N) is 1. The molecule has 4 rings (SSSR count). The summed E-state index contributed by atoms with van der Waals surface area (Å²) in [6.07, 6.45) is 1.68.